The van der Waals surface area contributed by atoms with Crippen LogP contribution in [0.3, 0.4) is 0 Å². The largest absolute Gasteiger partial charge is 2.00 e. The molecule has 0 saturated heterocycles. The van der Waals surface area contributed by atoms with Gasteiger partial charge >= 0.3 is 27.7 Å². The van der Waals surface area contributed by atoms with E-state index < -0.39 is 11.9 Å². The third-order valence-corrected chi connectivity index (χ3v) is 3.65. The molecule has 0 unspecified atom stereocenters. The van der Waals surface area contributed by atoms with Gasteiger partial charge in [-0.1, -0.05) is 36.4 Å². The summed E-state index contributed by atoms with van der Waals surface area (Å²) in [6.07, 6.45) is 0. The van der Waals surface area contributed by atoms with Crippen LogP contribution in [0, 0.1) is 27.7 Å². The maximum absolute atomic E-state index is 10.5. The fraction of sp³-hybridized carbons (Fsp3) is 0.222. The number of aryl methyl sites for hydroxylation is 2. The SMILES string of the molecule is Cc1cccc(C(=O)[O-])c1C.Cc1cccc(C(=O)[O-])c1C.[Hg+2]. The fourth-order valence-corrected chi connectivity index (χ4v) is 1.94. The summed E-state index contributed by atoms with van der Waals surface area (Å²) in [5.41, 5.74) is 4.09. The molecule has 0 fully saturated rings. The molecule has 0 aliphatic rings. The van der Waals surface area contributed by atoms with Crippen LogP contribution in [0.5, 0.6) is 0 Å². The minimum absolute atomic E-state index is 0. The summed E-state index contributed by atoms with van der Waals surface area (Å²) in [7, 11) is 0. The van der Waals surface area contributed by atoms with Crippen LogP contribution in [0.4, 0.5) is 0 Å². The Kier molecular flexibility index (Phi) is 8.76. The Morgan fingerprint density at radius 1 is 0.696 bits per heavy atom. The van der Waals surface area contributed by atoms with Gasteiger partial charge in [-0.05, 0) is 49.9 Å². The summed E-state index contributed by atoms with van der Waals surface area (Å²) in [4.78, 5) is 20.9. The van der Waals surface area contributed by atoms with Crippen molar-refractivity contribution in [2.45, 2.75) is 27.7 Å². The van der Waals surface area contributed by atoms with Crippen molar-refractivity contribution in [3.05, 3.63) is 69.8 Å². The number of carbonyl (C=O) groups excluding carboxylic acids is 2. The van der Waals surface area contributed by atoms with E-state index in [0.29, 0.717) is 0 Å². The van der Waals surface area contributed by atoms with Crippen molar-refractivity contribution in [2.75, 3.05) is 0 Å². The first kappa shape index (κ1) is 21.3. The van der Waals surface area contributed by atoms with Gasteiger partial charge in [0.1, 0.15) is 0 Å². The van der Waals surface area contributed by atoms with Crippen LogP contribution < -0.4 is 10.2 Å². The zero-order valence-corrected chi connectivity index (χ0v) is 19.3. The topological polar surface area (TPSA) is 80.3 Å². The van der Waals surface area contributed by atoms with E-state index in [2.05, 4.69) is 0 Å². The Balaban J connectivity index is 0.000000403. The summed E-state index contributed by atoms with van der Waals surface area (Å²) in [6, 6.07) is 10.3. The summed E-state index contributed by atoms with van der Waals surface area (Å²) >= 11 is 0. The van der Waals surface area contributed by atoms with E-state index in [9.17, 15) is 19.8 Å². The molecule has 2 rings (SSSR count). The Hall–Kier alpha value is -1.68. The molecule has 0 spiro atoms. The van der Waals surface area contributed by atoms with Gasteiger partial charge in [-0.25, -0.2) is 0 Å². The molecule has 0 saturated carbocycles. The quantitative estimate of drug-likeness (QED) is 0.585. The molecule has 116 valence electrons. The van der Waals surface area contributed by atoms with Gasteiger partial charge < -0.3 is 19.8 Å². The minimum atomic E-state index is -1.11. The van der Waals surface area contributed by atoms with Crippen LogP contribution in [0.25, 0.3) is 0 Å². The van der Waals surface area contributed by atoms with Crippen molar-refractivity contribution in [1.82, 2.24) is 0 Å². The van der Waals surface area contributed by atoms with Gasteiger partial charge in [-0.15, -0.1) is 0 Å². The average molecular weight is 499 g/mol. The number of carboxylic acids is 2. The number of carbonyl (C=O) groups is 2. The molecule has 0 aromatic heterocycles. The molecule has 0 amide bonds. The molecule has 0 aliphatic heterocycles. The van der Waals surface area contributed by atoms with Crippen molar-refractivity contribution >= 4 is 11.9 Å². The van der Waals surface area contributed by atoms with Gasteiger partial charge in [0.05, 0.1) is 11.9 Å². The van der Waals surface area contributed by atoms with Gasteiger partial charge in [0.2, 0.25) is 0 Å². The molecular formula is C18H18HgO4. The predicted octanol–water partition coefficient (Wildman–Crippen LogP) is 1.33. The van der Waals surface area contributed by atoms with Crippen molar-refractivity contribution in [3.8, 4) is 0 Å². The van der Waals surface area contributed by atoms with Crippen molar-refractivity contribution < 1.29 is 47.5 Å². The molecule has 0 atom stereocenters. The molecule has 0 bridgehead atoms. The number of benzene rings is 2. The van der Waals surface area contributed by atoms with Crippen LogP contribution in [0.15, 0.2) is 36.4 Å². The van der Waals surface area contributed by atoms with Crippen LogP contribution in [-0.2, 0) is 27.7 Å². The fourth-order valence-electron chi connectivity index (χ4n) is 1.94. The molecule has 0 aliphatic carbocycles. The average Bonchev–Trinajstić information content (AvgIpc) is 2.45. The Morgan fingerprint density at radius 2 is 1.00 bits per heavy atom. The second-order valence-electron chi connectivity index (χ2n) is 5.07. The number of carboxylic acid groups (broad SMARTS) is 2. The monoisotopic (exact) mass is 500 g/mol. The molecule has 2 aromatic rings. The van der Waals surface area contributed by atoms with Crippen molar-refractivity contribution in [2.24, 2.45) is 0 Å². The van der Waals surface area contributed by atoms with Gasteiger partial charge in [0.25, 0.3) is 0 Å². The van der Waals surface area contributed by atoms with Crippen LogP contribution in [0.2, 0.25) is 0 Å². The third-order valence-electron chi connectivity index (χ3n) is 3.65. The number of hydrogen-bond donors (Lipinski definition) is 0. The summed E-state index contributed by atoms with van der Waals surface area (Å²) in [5, 5.41) is 20.9. The maximum Gasteiger partial charge on any atom is 2.00 e. The Bertz CT molecular complexity index is 647. The summed E-state index contributed by atoms with van der Waals surface area (Å²) in [6.45, 7) is 7.31. The molecular weight excluding hydrogens is 481 g/mol. The number of aromatic carboxylic acids is 2. The van der Waals surface area contributed by atoms with Gasteiger partial charge in [-0.3, -0.25) is 0 Å². The normalized spacial score (nSPS) is 9.22. The van der Waals surface area contributed by atoms with E-state index in [1.54, 1.807) is 38.1 Å². The molecule has 0 heterocycles. The van der Waals surface area contributed by atoms with Crippen LogP contribution in [0.1, 0.15) is 43.0 Å². The molecule has 23 heavy (non-hydrogen) atoms. The van der Waals surface area contributed by atoms with E-state index in [1.807, 2.05) is 26.0 Å². The van der Waals surface area contributed by atoms with E-state index in [0.717, 1.165) is 22.3 Å². The third kappa shape index (κ3) is 5.79. The number of rotatable bonds is 2. The first-order chi connectivity index (χ1) is 10.3. The predicted molar refractivity (Wildman–Crippen MR) is 80.5 cm³/mol. The van der Waals surface area contributed by atoms with Gasteiger partial charge in [0, 0.05) is 11.1 Å². The van der Waals surface area contributed by atoms with Crippen molar-refractivity contribution in [3.63, 3.8) is 0 Å². The Labute approximate surface area is 156 Å². The molecule has 2 aromatic carbocycles. The summed E-state index contributed by atoms with van der Waals surface area (Å²) < 4.78 is 0. The molecule has 0 radical (unpaired) electrons. The second-order valence-corrected chi connectivity index (χ2v) is 5.07. The van der Waals surface area contributed by atoms with Crippen LogP contribution in [-0.4, -0.2) is 11.9 Å². The molecule has 0 N–H and O–H groups in total. The van der Waals surface area contributed by atoms with Gasteiger partial charge in [-0.2, -0.15) is 0 Å². The van der Waals surface area contributed by atoms with Crippen LogP contribution >= 0.6 is 0 Å². The summed E-state index contributed by atoms with van der Waals surface area (Å²) in [5.74, 6) is -2.21. The maximum atomic E-state index is 10.5. The minimum Gasteiger partial charge on any atom is -0.545 e. The number of hydrogen-bond acceptors (Lipinski definition) is 4. The van der Waals surface area contributed by atoms with E-state index >= 15 is 0 Å². The first-order valence-corrected chi connectivity index (χ1v) is 6.80. The van der Waals surface area contributed by atoms with E-state index in [1.165, 1.54) is 0 Å². The zero-order chi connectivity index (χ0) is 16.9. The van der Waals surface area contributed by atoms with E-state index in [-0.39, 0.29) is 38.8 Å². The van der Waals surface area contributed by atoms with E-state index in [4.69, 9.17) is 0 Å². The first-order valence-electron chi connectivity index (χ1n) is 6.80. The molecule has 4 nitrogen and oxygen atoms in total. The standard InChI is InChI=1S/2C9H10O2.Hg/c2*1-6-4-3-5-8(7(6)2)9(10)11;/h2*3-5H,1-2H3,(H,10,11);/q;;+2/p-2. The second kappa shape index (κ2) is 9.45. The van der Waals surface area contributed by atoms with Crippen molar-refractivity contribution in [1.29, 1.82) is 0 Å². The Morgan fingerprint density at radius 3 is 1.22 bits per heavy atom. The zero-order valence-electron chi connectivity index (χ0n) is 13.8. The smallest absolute Gasteiger partial charge is 0.545 e. The molecule has 5 heteroatoms. The van der Waals surface area contributed by atoms with Gasteiger partial charge in [0.15, 0.2) is 0 Å².